The van der Waals surface area contributed by atoms with Crippen molar-refractivity contribution in [2.45, 2.75) is 12.1 Å². The number of methoxy groups -OCH3 is 1. The Morgan fingerprint density at radius 2 is 1.85 bits per heavy atom. The van der Waals surface area contributed by atoms with Crippen LogP contribution in [0.1, 0.15) is 20.7 Å². The first-order valence-corrected chi connectivity index (χ1v) is 8.27. The maximum atomic E-state index is 12.3. The minimum atomic E-state index is -0.584. The number of carbonyl (C=O) groups is 2. The van der Waals surface area contributed by atoms with Gasteiger partial charge in [0.05, 0.1) is 19.3 Å². The topological polar surface area (TPSA) is 114 Å². The van der Waals surface area contributed by atoms with Gasteiger partial charge in [0, 0.05) is 29.8 Å². The molecule has 0 unspecified atom stereocenters. The Hall–Kier alpha value is -2.90. The number of aliphatic hydroxyl groups is 1. The number of primary amides is 1. The van der Waals surface area contributed by atoms with Gasteiger partial charge in [-0.2, -0.15) is 0 Å². The van der Waals surface area contributed by atoms with E-state index in [1.165, 1.54) is 0 Å². The summed E-state index contributed by atoms with van der Waals surface area (Å²) in [6.07, 6.45) is -0.584. The number of hydrogen-bond acceptors (Lipinski definition) is 5. The standard InChI is InChI=1S/C19H21N3O4/c1-26-17-7-6-13(18(20)24)8-14(17)11-2-4-12(5-3-11)19(25)22-15-9-21-10-16(15)23/h2-8,15-16,21,23H,9-10H2,1H3,(H2,20,24)(H,22,25)/t15-,16-/m1/s1. The van der Waals surface area contributed by atoms with Gasteiger partial charge < -0.3 is 26.2 Å². The highest BCUT2D eigenvalue weighted by Crippen LogP contribution is 2.31. The predicted molar refractivity (Wildman–Crippen MR) is 97.1 cm³/mol. The maximum absolute atomic E-state index is 12.3. The van der Waals surface area contributed by atoms with Crippen molar-refractivity contribution in [1.29, 1.82) is 0 Å². The van der Waals surface area contributed by atoms with Crippen molar-refractivity contribution in [1.82, 2.24) is 10.6 Å². The summed E-state index contributed by atoms with van der Waals surface area (Å²) in [6.45, 7) is 1.02. The number of benzene rings is 2. The molecule has 0 radical (unpaired) electrons. The Balaban J connectivity index is 1.82. The molecule has 1 fully saturated rings. The van der Waals surface area contributed by atoms with E-state index in [0.717, 1.165) is 5.56 Å². The van der Waals surface area contributed by atoms with Crippen molar-refractivity contribution in [2.75, 3.05) is 20.2 Å². The van der Waals surface area contributed by atoms with Crippen LogP contribution in [0.2, 0.25) is 0 Å². The van der Waals surface area contributed by atoms with Crippen LogP contribution in [0.4, 0.5) is 0 Å². The van der Waals surface area contributed by atoms with Crippen LogP contribution in [-0.4, -0.2) is 49.3 Å². The van der Waals surface area contributed by atoms with Crippen LogP contribution in [0.5, 0.6) is 5.75 Å². The summed E-state index contributed by atoms with van der Waals surface area (Å²) in [5.74, 6) is -0.164. The van der Waals surface area contributed by atoms with Crippen LogP contribution in [0.3, 0.4) is 0 Å². The van der Waals surface area contributed by atoms with Crippen LogP contribution in [0.15, 0.2) is 42.5 Å². The molecule has 7 nitrogen and oxygen atoms in total. The van der Waals surface area contributed by atoms with E-state index in [1.807, 2.05) is 0 Å². The molecule has 7 heteroatoms. The third-order valence-corrected chi connectivity index (χ3v) is 4.44. The second-order valence-corrected chi connectivity index (χ2v) is 6.16. The zero-order chi connectivity index (χ0) is 18.7. The molecule has 2 atom stereocenters. The number of carbonyl (C=O) groups excluding carboxylic acids is 2. The number of hydrogen-bond donors (Lipinski definition) is 4. The van der Waals surface area contributed by atoms with Crippen molar-refractivity contribution in [3.8, 4) is 16.9 Å². The monoisotopic (exact) mass is 355 g/mol. The summed E-state index contributed by atoms with van der Waals surface area (Å²) >= 11 is 0. The quantitative estimate of drug-likeness (QED) is 0.625. The lowest BCUT2D eigenvalue weighted by Crippen LogP contribution is -2.42. The van der Waals surface area contributed by atoms with Crippen molar-refractivity contribution in [3.05, 3.63) is 53.6 Å². The lowest BCUT2D eigenvalue weighted by Gasteiger charge is -2.15. The normalized spacial score (nSPS) is 19.2. The third-order valence-electron chi connectivity index (χ3n) is 4.44. The molecule has 2 aromatic carbocycles. The van der Waals surface area contributed by atoms with Gasteiger partial charge >= 0.3 is 0 Å². The first-order valence-electron chi connectivity index (χ1n) is 8.27. The Labute approximate surface area is 151 Å². The van der Waals surface area contributed by atoms with Crippen molar-refractivity contribution in [2.24, 2.45) is 5.73 Å². The second kappa shape index (κ2) is 7.55. The molecular formula is C19H21N3O4. The molecule has 0 spiro atoms. The van der Waals surface area contributed by atoms with Crippen LogP contribution in [0, 0.1) is 0 Å². The average Bonchev–Trinajstić information content (AvgIpc) is 3.05. The van der Waals surface area contributed by atoms with Crippen LogP contribution < -0.4 is 21.1 Å². The zero-order valence-electron chi connectivity index (χ0n) is 14.4. The molecule has 136 valence electrons. The van der Waals surface area contributed by atoms with E-state index >= 15 is 0 Å². The number of amides is 2. The van der Waals surface area contributed by atoms with Crippen LogP contribution in [-0.2, 0) is 0 Å². The van der Waals surface area contributed by atoms with E-state index in [1.54, 1.807) is 49.6 Å². The lowest BCUT2D eigenvalue weighted by atomic mass is 10.00. The fourth-order valence-corrected chi connectivity index (χ4v) is 2.95. The fourth-order valence-electron chi connectivity index (χ4n) is 2.95. The largest absolute Gasteiger partial charge is 0.496 e. The smallest absolute Gasteiger partial charge is 0.251 e. The van der Waals surface area contributed by atoms with Gasteiger partial charge in [-0.05, 0) is 35.9 Å². The molecular weight excluding hydrogens is 334 g/mol. The SMILES string of the molecule is COc1ccc(C(N)=O)cc1-c1ccc(C(=O)N[C@@H]2CNC[C@H]2O)cc1. The van der Waals surface area contributed by atoms with Gasteiger partial charge in [0.1, 0.15) is 5.75 Å². The number of nitrogens with one attached hydrogen (secondary N) is 2. The third kappa shape index (κ3) is 3.68. The van der Waals surface area contributed by atoms with E-state index in [0.29, 0.717) is 35.5 Å². The first kappa shape index (κ1) is 17.9. The molecule has 1 aliphatic rings. The molecule has 0 bridgehead atoms. The highest BCUT2D eigenvalue weighted by molar-refractivity contribution is 5.96. The van der Waals surface area contributed by atoms with Gasteiger partial charge in [0.15, 0.2) is 0 Å². The summed E-state index contributed by atoms with van der Waals surface area (Å²) in [6, 6.07) is 11.6. The van der Waals surface area contributed by atoms with E-state index in [-0.39, 0.29) is 11.9 Å². The molecule has 2 aromatic rings. The minimum absolute atomic E-state index is 0.248. The summed E-state index contributed by atoms with van der Waals surface area (Å²) in [5.41, 5.74) is 7.72. The summed E-state index contributed by atoms with van der Waals surface area (Å²) in [4.78, 5) is 23.7. The molecule has 1 saturated heterocycles. The maximum Gasteiger partial charge on any atom is 0.251 e. The van der Waals surface area contributed by atoms with E-state index < -0.39 is 12.0 Å². The molecule has 3 rings (SSSR count). The number of nitrogens with two attached hydrogens (primary N) is 1. The second-order valence-electron chi connectivity index (χ2n) is 6.16. The Morgan fingerprint density at radius 1 is 1.15 bits per heavy atom. The van der Waals surface area contributed by atoms with E-state index in [4.69, 9.17) is 10.5 Å². The molecule has 1 aliphatic heterocycles. The van der Waals surface area contributed by atoms with Crippen molar-refractivity contribution < 1.29 is 19.4 Å². The van der Waals surface area contributed by atoms with Gasteiger partial charge in [-0.1, -0.05) is 12.1 Å². The lowest BCUT2D eigenvalue weighted by molar-refractivity contribution is 0.0888. The average molecular weight is 355 g/mol. The minimum Gasteiger partial charge on any atom is -0.496 e. The van der Waals surface area contributed by atoms with Crippen molar-refractivity contribution in [3.63, 3.8) is 0 Å². The van der Waals surface area contributed by atoms with Crippen LogP contribution >= 0.6 is 0 Å². The Bertz CT molecular complexity index is 820. The summed E-state index contributed by atoms with van der Waals surface area (Å²) in [7, 11) is 1.55. The van der Waals surface area contributed by atoms with Crippen molar-refractivity contribution >= 4 is 11.8 Å². The number of ether oxygens (including phenoxy) is 1. The molecule has 26 heavy (non-hydrogen) atoms. The summed E-state index contributed by atoms with van der Waals surface area (Å²) in [5, 5.41) is 15.6. The highest BCUT2D eigenvalue weighted by atomic mass is 16.5. The van der Waals surface area contributed by atoms with E-state index in [9.17, 15) is 14.7 Å². The molecule has 2 amide bonds. The molecule has 0 aliphatic carbocycles. The van der Waals surface area contributed by atoms with Gasteiger partial charge in [-0.3, -0.25) is 9.59 Å². The first-order chi connectivity index (χ1) is 12.5. The number of aliphatic hydroxyl groups excluding tert-OH is 1. The molecule has 5 N–H and O–H groups in total. The van der Waals surface area contributed by atoms with Gasteiger partial charge in [0.25, 0.3) is 5.91 Å². The van der Waals surface area contributed by atoms with E-state index in [2.05, 4.69) is 10.6 Å². The molecule has 1 heterocycles. The number of β-amino-alcohol motifs (C(OH)–C–C–N with tert-alkyl or cyclic N) is 1. The van der Waals surface area contributed by atoms with Gasteiger partial charge in [-0.25, -0.2) is 0 Å². The highest BCUT2D eigenvalue weighted by Gasteiger charge is 2.26. The molecule has 0 saturated carbocycles. The Morgan fingerprint density at radius 3 is 2.42 bits per heavy atom. The fraction of sp³-hybridized carbons (Fsp3) is 0.263. The number of rotatable bonds is 5. The summed E-state index contributed by atoms with van der Waals surface area (Å²) < 4.78 is 5.35. The Kier molecular flexibility index (Phi) is 5.20. The van der Waals surface area contributed by atoms with Gasteiger partial charge in [0.2, 0.25) is 5.91 Å². The molecule has 0 aromatic heterocycles. The predicted octanol–water partition coefficient (Wildman–Crippen LogP) is 0.524. The van der Waals surface area contributed by atoms with Gasteiger partial charge in [-0.15, -0.1) is 0 Å². The zero-order valence-corrected chi connectivity index (χ0v) is 14.4. The van der Waals surface area contributed by atoms with Crippen LogP contribution in [0.25, 0.3) is 11.1 Å².